The fourth-order valence-electron chi connectivity index (χ4n) is 4.87. The molecule has 0 atom stereocenters. The van der Waals surface area contributed by atoms with Crippen LogP contribution in [-0.4, -0.2) is 48.6 Å². The van der Waals surface area contributed by atoms with Crippen LogP contribution in [0.5, 0.6) is 17.2 Å². The number of fused-ring (bicyclic) bond motifs is 1. The Bertz CT molecular complexity index is 1350. The molecule has 1 N–H and O–H groups in total. The number of unbranched alkanes of at least 4 members (excludes halogenated alkanes) is 1. The average Bonchev–Trinajstić information content (AvgIpc) is 3.32. The lowest BCUT2D eigenvalue weighted by atomic mass is 9.97. The number of nitrogens with zero attached hydrogens (tertiary/aromatic N) is 1. The van der Waals surface area contributed by atoms with Gasteiger partial charge in [0.05, 0.1) is 6.61 Å². The van der Waals surface area contributed by atoms with E-state index in [1.165, 1.54) is 30.6 Å². The number of ketones is 1. The van der Waals surface area contributed by atoms with Gasteiger partial charge >= 0.3 is 0 Å². The van der Waals surface area contributed by atoms with Gasteiger partial charge < -0.3 is 14.6 Å². The van der Waals surface area contributed by atoms with Crippen LogP contribution < -0.4 is 9.47 Å². The SMILES string of the molecule is CCCCOc1ccc(-c2sc3cc(O)ccc3c2C(=O)c2ccc(OCCN3CCCCC3)cc2)cc1. The van der Waals surface area contributed by atoms with Gasteiger partial charge in [-0.05, 0) is 105 Å². The predicted octanol–water partition coefficient (Wildman–Crippen LogP) is 7.55. The monoisotopic (exact) mass is 529 g/mol. The molecule has 0 amide bonds. The predicted molar refractivity (Wildman–Crippen MR) is 155 cm³/mol. The maximum Gasteiger partial charge on any atom is 0.195 e. The van der Waals surface area contributed by atoms with E-state index in [9.17, 15) is 9.90 Å². The van der Waals surface area contributed by atoms with E-state index < -0.39 is 0 Å². The lowest BCUT2D eigenvalue weighted by Gasteiger charge is -2.26. The number of benzene rings is 3. The van der Waals surface area contributed by atoms with E-state index in [0.29, 0.717) is 24.3 Å². The molecule has 0 radical (unpaired) electrons. The van der Waals surface area contributed by atoms with Crippen LogP contribution in [0.2, 0.25) is 0 Å². The van der Waals surface area contributed by atoms with Crippen LogP contribution >= 0.6 is 11.3 Å². The minimum atomic E-state index is -0.0416. The van der Waals surface area contributed by atoms with Crippen molar-refractivity contribution in [3.05, 3.63) is 77.9 Å². The molecule has 0 bridgehead atoms. The number of carbonyl (C=O) groups is 1. The second-order valence-electron chi connectivity index (χ2n) is 9.82. The standard InChI is InChI=1S/C32H35NO4S/c1-2-3-20-36-26-14-9-24(10-15-26)32-30(28-16-11-25(34)22-29(28)38-32)31(35)23-7-12-27(13-8-23)37-21-19-33-17-5-4-6-18-33/h7-16,22,34H,2-6,17-21H2,1H3. The first-order chi connectivity index (χ1) is 18.6. The number of rotatable bonds is 11. The summed E-state index contributed by atoms with van der Waals surface area (Å²) in [5.41, 5.74) is 2.22. The van der Waals surface area contributed by atoms with Crippen LogP contribution in [0, 0.1) is 0 Å². The molecule has 0 saturated carbocycles. The number of phenols is 1. The number of hydrogen-bond acceptors (Lipinski definition) is 6. The highest BCUT2D eigenvalue weighted by Crippen LogP contribution is 2.41. The van der Waals surface area contributed by atoms with E-state index in [4.69, 9.17) is 9.47 Å². The Morgan fingerprint density at radius 2 is 1.58 bits per heavy atom. The number of piperidine rings is 1. The van der Waals surface area contributed by atoms with Crippen LogP contribution in [0.4, 0.5) is 0 Å². The van der Waals surface area contributed by atoms with Gasteiger partial charge in [0, 0.05) is 32.6 Å². The van der Waals surface area contributed by atoms with Crippen molar-refractivity contribution >= 4 is 27.2 Å². The second kappa shape index (κ2) is 12.5. The molecule has 5 rings (SSSR count). The van der Waals surface area contributed by atoms with Crippen molar-refractivity contribution in [3.63, 3.8) is 0 Å². The molecule has 5 nitrogen and oxygen atoms in total. The Balaban J connectivity index is 1.36. The molecule has 0 unspecified atom stereocenters. The third-order valence-corrected chi connectivity index (χ3v) is 8.23. The largest absolute Gasteiger partial charge is 0.508 e. The summed E-state index contributed by atoms with van der Waals surface area (Å²) in [6, 6.07) is 20.6. The fraction of sp³-hybridized carbons (Fsp3) is 0.344. The van der Waals surface area contributed by atoms with Crippen molar-refractivity contribution in [2.75, 3.05) is 32.8 Å². The van der Waals surface area contributed by atoms with Crippen LogP contribution in [0.25, 0.3) is 20.5 Å². The summed E-state index contributed by atoms with van der Waals surface area (Å²) >= 11 is 1.52. The third kappa shape index (κ3) is 6.20. The summed E-state index contributed by atoms with van der Waals surface area (Å²) in [5, 5.41) is 10.9. The van der Waals surface area contributed by atoms with E-state index >= 15 is 0 Å². The van der Waals surface area contributed by atoms with Crippen LogP contribution in [-0.2, 0) is 0 Å². The molecule has 1 aliphatic rings. The Hall–Kier alpha value is -3.35. The highest BCUT2D eigenvalue weighted by molar-refractivity contribution is 7.22. The molecule has 3 aromatic carbocycles. The summed E-state index contributed by atoms with van der Waals surface area (Å²) in [5.74, 6) is 1.75. The molecule has 4 aromatic rings. The molecule has 1 aliphatic heterocycles. The van der Waals surface area contributed by atoms with Gasteiger partial charge in [0.25, 0.3) is 0 Å². The minimum absolute atomic E-state index is 0.0416. The Morgan fingerprint density at radius 3 is 2.29 bits per heavy atom. The number of hydrogen-bond donors (Lipinski definition) is 1. The summed E-state index contributed by atoms with van der Waals surface area (Å²) in [7, 11) is 0. The molecular formula is C32H35NO4S. The zero-order valence-electron chi connectivity index (χ0n) is 21.9. The number of ether oxygens (including phenoxy) is 2. The number of aromatic hydroxyl groups is 1. The molecule has 198 valence electrons. The summed E-state index contributed by atoms with van der Waals surface area (Å²) in [4.78, 5) is 17.2. The van der Waals surface area contributed by atoms with Crippen molar-refractivity contribution in [2.24, 2.45) is 0 Å². The number of thiophene rings is 1. The van der Waals surface area contributed by atoms with Gasteiger partial charge in [0.15, 0.2) is 5.78 Å². The van der Waals surface area contributed by atoms with Gasteiger partial charge in [-0.25, -0.2) is 0 Å². The maximum atomic E-state index is 13.8. The number of carbonyl (C=O) groups excluding carboxylic acids is 1. The van der Waals surface area contributed by atoms with Gasteiger partial charge in [-0.2, -0.15) is 0 Å². The van der Waals surface area contributed by atoms with Gasteiger partial charge in [0.1, 0.15) is 23.9 Å². The van der Waals surface area contributed by atoms with Gasteiger partial charge in [-0.15, -0.1) is 11.3 Å². The lowest BCUT2D eigenvalue weighted by molar-refractivity contribution is 0.104. The fourth-order valence-corrected chi connectivity index (χ4v) is 6.11. The van der Waals surface area contributed by atoms with Crippen molar-refractivity contribution in [2.45, 2.75) is 39.0 Å². The van der Waals surface area contributed by atoms with E-state index in [1.54, 1.807) is 12.1 Å². The quantitative estimate of drug-likeness (QED) is 0.161. The lowest BCUT2D eigenvalue weighted by Crippen LogP contribution is -2.33. The first-order valence-corrected chi connectivity index (χ1v) is 14.4. The molecule has 1 fully saturated rings. The highest BCUT2D eigenvalue weighted by atomic mass is 32.1. The first kappa shape index (κ1) is 26.3. The molecule has 0 spiro atoms. The Morgan fingerprint density at radius 1 is 0.895 bits per heavy atom. The topological polar surface area (TPSA) is 59.0 Å². The van der Waals surface area contributed by atoms with Gasteiger partial charge in [-0.3, -0.25) is 9.69 Å². The Kier molecular flexibility index (Phi) is 8.61. The summed E-state index contributed by atoms with van der Waals surface area (Å²) in [6.07, 6.45) is 5.97. The van der Waals surface area contributed by atoms with E-state index in [0.717, 1.165) is 64.5 Å². The third-order valence-electron chi connectivity index (χ3n) is 7.03. The van der Waals surface area contributed by atoms with Gasteiger partial charge in [-0.1, -0.05) is 19.8 Å². The van der Waals surface area contributed by atoms with Gasteiger partial charge in [0.2, 0.25) is 0 Å². The van der Waals surface area contributed by atoms with E-state index in [-0.39, 0.29) is 11.5 Å². The number of likely N-dealkylation sites (tertiary alicyclic amines) is 1. The second-order valence-corrected chi connectivity index (χ2v) is 10.9. The zero-order valence-corrected chi connectivity index (χ0v) is 22.8. The molecule has 38 heavy (non-hydrogen) atoms. The zero-order chi connectivity index (χ0) is 26.3. The van der Waals surface area contributed by atoms with Crippen molar-refractivity contribution in [1.82, 2.24) is 4.90 Å². The van der Waals surface area contributed by atoms with E-state index in [2.05, 4.69) is 11.8 Å². The first-order valence-electron chi connectivity index (χ1n) is 13.6. The molecule has 2 heterocycles. The summed E-state index contributed by atoms with van der Waals surface area (Å²) < 4.78 is 12.7. The smallest absolute Gasteiger partial charge is 0.195 e. The van der Waals surface area contributed by atoms with E-state index in [1.807, 2.05) is 54.6 Å². The van der Waals surface area contributed by atoms with Crippen LogP contribution in [0.1, 0.15) is 54.9 Å². The molecule has 6 heteroatoms. The van der Waals surface area contributed by atoms with Crippen LogP contribution in [0.15, 0.2) is 66.7 Å². The van der Waals surface area contributed by atoms with Crippen LogP contribution in [0.3, 0.4) is 0 Å². The van der Waals surface area contributed by atoms with Crippen molar-refractivity contribution in [1.29, 1.82) is 0 Å². The molecular weight excluding hydrogens is 494 g/mol. The average molecular weight is 530 g/mol. The molecule has 1 saturated heterocycles. The normalized spacial score (nSPS) is 14.0. The van der Waals surface area contributed by atoms with Crippen molar-refractivity contribution < 1.29 is 19.4 Å². The highest BCUT2D eigenvalue weighted by Gasteiger charge is 2.22. The summed E-state index contributed by atoms with van der Waals surface area (Å²) in [6.45, 7) is 6.72. The molecule has 0 aliphatic carbocycles. The van der Waals surface area contributed by atoms with Crippen molar-refractivity contribution in [3.8, 4) is 27.7 Å². The molecule has 1 aromatic heterocycles. The Labute approximate surface area is 228 Å². The minimum Gasteiger partial charge on any atom is -0.508 e. The number of phenolic OH excluding ortho intramolecular Hbond substituents is 1. The maximum absolute atomic E-state index is 13.8.